The number of thioether (sulfide) groups is 1. The van der Waals surface area contributed by atoms with Gasteiger partial charge in [-0.1, -0.05) is 18.2 Å². The molecular weight excluding hydrogens is 270 g/mol. The Morgan fingerprint density at radius 1 is 1.40 bits per heavy atom. The van der Waals surface area contributed by atoms with Gasteiger partial charge in [-0.15, -0.1) is 0 Å². The van der Waals surface area contributed by atoms with E-state index in [0.29, 0.717) is 12.3 Å². The normalized spacial score (nSPS) is 16.2. The standard InChI is InChI=1S/C16H23NO2S/c1-11-13-7-5-6-8-14(13)19-15(11)12(2)17-9-16(3,18)10-20-4/h5-8,12,17-18H,9-10H2,1-4H3. The molecule has 2 N–H and O–H groups in total. The molecule has 2 unspecified atom stereocenters. The first-order valence-electron chi connectivity index (χ1n) is 6.87. The van der Waals surface area contributed by atoms with E-state index in [1.54, 1.807) is 11.8 Å². The van der Waals surface area contributed by atoms with E-state index >= 15 is 0 Å². The van der Waals surface area contributed by atoms with Gasteiger partial charge in [-0.3, -0.25) is 0 Å². The summed E-state index contributed by atoms with van der Waals surface area (Å²) < 4.78 is 5.94. The largest absolute Gasteiger partial charge is 0.459 e. The summed E-state index contributed by atoms with van der Waals surface area (Å²) in [4.78, 5) is 0. The average molecular weight is 293 g/mol. The van der Waals surface area contributed by atoms with Crippen molar-refractivity contribution < 1.29 is 9.52 Å². The third-order valence-electron chi connectivity index (χ3n) is 3.52. The molecule has 2 rings (SSSR count). The lowest BCUT2D eigenvalue weighted by atomic mass is 10.1. The van der Waals surface area contributed by atoms with Crippen LogP contribution in [-0.4, -0.2) is 29.3 Å². The monoisotopic (exact) mass is 293 g/mol. The van der Waals surface area contributed by atoms with Crippen molar-refractivity contribution in [1.29, 1.82) is 0 Å². The highest BCUT2D eigenvalue weighted by Gasteiger charge is 2.22. The summed E-state index contributed by atoms with van der Waals surface area (Å²) in [6.45, 7) is 6.56. The Bertz CT molecular complexity index is 577. The molecule has 0 aliphatic heterocycles. The lowest BCUT2D eigenvalue weighted by molar-refractivity contribution is 0.0812. The average Bonchev–Trinajstić information content (AvgIpc) is 2.74. The van der Waals surface area contributed by atoms with Crippen LogP contribution in [0.1, 0.15) is 31.2 Å². The lowest BCUT2D eigenvalue weighted by Crippen LogP contribution is -2.40. The minimum Gasteiger partial charge on any atom is -0.459 e. The number of para-hydroxylation sites is 1. The SMILES string of the molecule is CSCC(C)(O)CNC(C)c1oc2ccccc2c1C. The minimum absolute atomic E-state index is 0.0794. The zero-order valence-corrected chi connectivity index (χ0v) is 13.4. The fourth-order valence-electron chi connectivity index (χ4n) is 2.43. The van der Waals surface area contributed by atoms with Crippen LogP contribution in [0.2, 0.25) is 0 Å². The fraction of sp³-hybridized carbons (Fsp3) is 0.500. The summed E-state index contributed by atoms with van der Waals surface area (Å²) in [5, 5.41) is 14.7. The zero-order chi connectivity index (χ0) is 14.8. The number of aliphatic hydroxyl groups is 1. The van der Waals surface area contributed by atoms with Gasteiger partial charge >= 0.3 is 0 Å². The maximum absolute atomic E-state index is 10.2. The van der Waals surface area contributed by atoms with Gasteiger partial charge in [0.2, 0.25) is 0 Å². The number of hydrogen-bond acceptors (Lipinski definition) is 4. The van der Waals surface area contributed by atoms with Crippen LogP contribution in [0.15, 0.2) is 28.7 Å². The van der Waals surface area contributed by atoms with Gasteiger partial charge in [0.25, 0.3) is 0 Å². The third-order valence-corrected chi connectivity index (χ3v) is 4.43. The Morgan fingerprint density at radius 2 is 2.10 bits per heavy atom. The molecule has 3 nitrogen and oxygen atoms in total. The van der Waals surface area contributed by atoms with Gasteiger partial charge in [0.05, 0.1) is 11.6 Å². The van der Waals surface area contributed by atoms with E-state index in [0.717, 1.165) is 16.7 Å². The van der Waals surface area contributed by atoms with Crippen LogP contribution < -0.4 is 5.32 Å². The highest BCUT2D eigenvalue weighted by atomic mass is 32.2. The van der Waals surface area contributed by atoms with Gasteiger partial charge in [0.1, 0.15) is 11.3 Å². The van der Waals surface area contributed by atoms with Crippen molar-refractivity contribution in [3.8, 4) is 0 Å². The number of nitrogens with one attached hydrogen (secondary N) is 1. The number of fused-ring (bicyclic) bond motifs is 1. The van der Waals surface area contributed by atoms with Gasteiger partial charge in [-0.2, -0.15) is 11.8 Å². The first kappa shape index (κ1) is 15.4. The summed E-state index contributed by atoms with van der Waals surface area (Å²) in [5.74, 6) is 1.66. The summed E-state index contributed by atoms with van der Waals surface area (Å²) in [7, 11) is 0. The highest BCUT2D eigenvalue weighted by Crippen LogP contribution is 2.29. The molecule has 2 aromatic rings. The predicted octanol–water partition coefficient (Wildman–Crippen LogP) is 3.51. The van der Waals surface area contributed by atoms with Crippen LogP contribution in [0, 0.1) is 6.92 Å². The van der Waals surface area contributed by atoms with Crippen LogP contribution >= 0.6 is 11.8 Å². The smallest absolute Gasteiger partial charge is 0.134 e. The summed E-state index contributed by atoms with van der Waals surface area (Å²) in [6, 6.07) is 8.15. The second kappa shape index (κ2) is 6.20. The molecular formula is C16H23NO2S. The number of rotatable bonds is 6. The van der Waals surface area contributed by atoms with Crippen LogP contribution in [0.25, 0.3) is 11.0 Å². The molecule has 0 radical (unpaired) electrons. The van der Waals surface area contributed by atoms with E-state index in [4.69, 9.17) is 4.42 Å². The molecule has 0 spiro atoms. The maximum atomic E-state index is 10.2. The van der Waals surface area contributed by atoms with E-state index in [-0.39, 0.29) is 6.04 Å². The van der Waals surface area contributed by atoms with Crippen molar-refractivity contribution in [2.45, 2.75) is 32.4 Å². The first-order valence-corrected chi connectivity index (χ1v) is 8.27. The van der Waals surface area contributed by atoms with E-state index in [9.17, 15) is 5.11 Å². The molecule has 110 valence electrons. The molecule has 1 aromatic heterocycles. The molecule has 0 saturated heterocycles. The molecule has 0 aliphatic rings. The van der Waals surface area contributed by atoms with Crippen LogP contribution in [0.4, 0.5) is 0 Å². The quantitative estimate of drug-likeness (QED) is 0.855. The summed E-state index contributed by atoms with van der Waals surface area (Å²) in [6.07, 6.45) is 2.00. The van der Waals surface area contributed by atoms with E-state index in [1.165, 1.54) is 5.56 Å². The molecule has 2 atom stereocenters. The third kappa shape index (κ3) is 3.37. The molecule has 1 heterocycles. The molecule has 0 saturated carbocycles. The van der Waals surface area contributed by atoms with Crippen molar-refractivity contribution in [3.63, 3.8) is 0 Å². The minimum atomic E-state index is -0.701. The van der Waals surface area contributed by atoms with E-state index in [1.807, 2.05) is 31.4 Å². The number of benzene rings is 1. The molecule has 4 heteroatoms. The summed E-state index contributed by atoms with van der Waals surface area (Å²) in [5.41, 5.74) is 1.39. The molecule has 20 heavy (non-hydrogen) atoms. The van der Waals surface area contributed by atoms with Crippen molar-refractivity contribution >= 4 is 22.7 Å². The van der Waals surface area contributed by atoms with Crippen LogP contribution in [-0.2, 0) is 0 Å². The zero-order valence-electron chi connectivity index (χ0n) is 12.6. The molecule has 0 aliphatic carbocycles. The molecule has 0 fully saturated rings. The number of hydrogen-bond donors (Lipinski definition) is 2. The lowest BCUT2D eigenvalue weighted by Gasteiger charge is -2.24. The van der Waals surface area contributed by atoms with Crippen molar-refractivity contribution in [1.82, 2.24) is 5.32 Å². The predicted molar refractivity (Wildman–Crippen MR) is 86.4 cm³/mol. The van der Waals surface area contributed by atoms with Gasteiger partial charge in [0.15, 0.2) is 0 Å². The first-order chi connectivity index (χ1) is 9.44. The Labute approximate surface area is 124 Å². The molecule has 0 amide bonds. The van der Waals surface area contributed by atoms with Gasteiger partial charge in [-0.05, 0) is 38.7 Å². The van der Waals surface area contributed by atoms with Crippen molar-refractivity contribution in [3.05, 3.63) is 35.6 Å². The Hall–Kier alpha value is -0.970. The van der Waals surface area contributed by atoms with Gasteiger partial charge < -0.3 is 14.8 Å². The second-order valence-electron chi connectivity index (χ2n) is 5.62. The van der Waals surface area contributed by atoms with Gasteiger partial charge in [0, 0.05) is 17.7 Å². The summed E-state index contributed by atoms with van der Waals surface area (Å²) >= 11 is 1.65. The highest BCUT2D eigenvalue weighted by molar-refractivity contribution is 7.98. The molecule has 0 bridgehead atoms. The van der Waals surface area contributed by atoms with Gasteiger partial charge in [-0.25, -0.2) is 0 Å². The number of aryl methyl sites for hydroxylation is 1. The van der Waals surface area contributed by atoms with E-state index in [2.05, 4.69) is 25.2 Å². The maximum Gasteiger partial charge on any atom is 0.134 e. The van der Waals surface area contributed by atoms with E-state index < -0.39 is 5.60 Å². The Morgan fingerprint density at radius 3 is 2.75 bits per heavy atom. The number of furan rings is 1. The van der Waals surface area contributed by atoms with Crippen molar-refractivity contribution in [2.75, 3.05) is 18.6 Å². The van der Waals surface area contributed by atoms with Crippen molar-refractivity contribution in [2.24, 2.45) is 0 Å². The van der Waals surface area contributed by atoms with Crippen LogP contribution in [0.3, 0.4) is 0 Å². The fourth-order valence-corrected chi connectivity index (χ4v) is 3.16. The molecule has 1 aromatic carbocycles. The second-order valence-corrected chi connectivity index (χ2v) is 6.49. The van der Waals surface area contributed by atoms with Crippen LogP contribution in [0.5, 0.6) is 0 Å². The Kier molecular flexibility index (Phi) is 4.78. The topological polar surface area (TPSA) is 45.4 Å². The Balaban J connectivity index is 2.11.